The number of hydrogen-bond acceptors (Lipinski definition) is 4. The second-order valence-electron chi connectivity index (χ2n) is 9.17. The van der Waals surface area contributed by atoms with E-state index in [1.54, 1.807) is 0 Å². The van der Waals surface area contributed by atoms with Crippen molar-refractivity contribution in [2.24, 2.45) is 11.8 Å². The van der Waals surface area contributed by atoms with Gasteiger partial charge in [0.05, 0.1) is 18.3 Å². The van der Waals surface area contributed by atoms with Crippen LogP contribution in [-0.2, 0) is 20.7 Å². The van der Waals surface area contributed by atoms with Crippen molar-refractivity contribution in [3.63, 3.8) is 0 Å². The van der Waals surface area contributed by atoms with Gasteiger partial charge in [0.25, 0.3) is 0 Å². The Kier molecular flexibility index (Phi) is 11.9. The third-order valence-corrected chi connectivity index (χ3v) is 6.38. The summed E-state index contributed by atoms with van der Waals surface area (Å²) in [5.74, 6) is 1.03. The molecule has 1 saturated carbocycles. The molecule has 0 saturated heterocycles. The average Bonchev–Trinajstić information content (AvgIpc) is 3.15. The zero-order valence-corrected chi connectivity index (χ0v) is 19.7. The molecule has 174 valence electrons. The molecule has 1 aromatic rings. The number of aliphatic hydroxyl groups excluding tert-OH is 1. The summed E-state index contributed by atoms with van der Waals surface area (Å²) in [5, 5.41) is 10.5. The Labute approximate surface area is 189 Å². The molecule has 4 nitrogen and oxygen atoms in total. The van der Waals surface area contributed by atoms with Crippen LogP contribution < -0.4 is 0 Å². The van der Waals surface area contributed by atoms with Gasteiger partial charge in [0.1, 0.15) is 0 Å². The highest BCUT2D eigenvalue weighted by molar-refractivity contribution is 5.69. The maximum Gasteiger partial charge on any atom is 0.306 e. The lowest BCUT2D eigenvalue weighted by Crippen LogP contribution is -2.22. The predicted octanol–water partition coefficient (Wildman–Crippen LogP) is 5.87. The van der Waals surface area contributed by atoms with Crippen LogP contribution in [0, 0.1) is 11.8 Å². The van der Waals surface area contributed by atoms with Crippen molar-refractivity contribution in [3.8, 4) is 0 Å². The molecular formula is C27H42O4. The summed E-state index contributed by atoms with van der Waals surface area (Å²) in [6.45, 7) is 3.76. The van der Waals surface area contributed by atoms with Crippen LogP contribution in [0.25, 0.3) is 0 Å². The van der Waals surface area contributed by atoms with Crippen LogP contribution in [0.4, 0.5) is 0 Å². The second-order valence-corrected chi connectivity index (χ2v) is 9.17. The fourth-order valence-electron chi connectivity index (χ4n) is 4.69. The highest BCUT2D eigenvalue weighted by Crippen LogP contribution is 2.39. The lowest BCUT2D eigenvalue weighted by molar-refractivity contribution is -0.147. The number of hydrogen-bond donors (Lipinski definition) is 1. The van der Waals surface area contributed by atoms with Crippen LogP contribution in [0.2, 0.25) is 0 Å². The van der Waals surface area contributed by atoms with Crippen molar-refractivity contribution in [3.05, 3.63) is 48.0 Å². The van der Waals surface area contributed by atoms with Crippen LogP contribution in [0.15, 0.2) is 42.5 Å². The van der Waals surface area contributed by atoms with Crippen LogP contribution in [0.5, 0.6) is 0 Å². The average molecular weight is 431 g/mol. The van der Waals surface area contributed by atoms with Crippen molar-refractivity contribution >= 4 is 5.97 Å². The van der Waals surface area contributed by atoms with E-state index < -0.39 is 0 Å². The van der Waals surface area contributed by atoms with Gasteiger partial charge in [-0.25, -0.2) is 0 Å². The summed E-state index contributed by atoms with van der Waals surface area (Å²) < 4.78 is 10.9. The first-order chi connectivity index (χ1) is 15.0. The summed E-state index contributed by atoms with van der Waals surface area (Å²) >= 11 is 0. The molecule has 0 aliphatic heterocycles. The second kappa shape index (κ2) is 14.4. The highest BCUT2D eigenvalue weighted by atomic mass is 16.5. The van der Waals surface area contributed by atoms with Gasteiger partial charge in [-0.1, -0.05) is 42.5 Å². The molecule has 1 aromatic carbocycles. The Morgan fingerprint density at radius 1 is 1.16 bits per heavy atom. The lowest BCUT2D eigenvalue weighted by atomic mass is 9.86. The third kappa shape index (κ3) is 10.0. The van der Waals surface area contributed by atoms with E-state index in [0.717, 1.165) is 51.4 Å². The van der Waals surface area contributed by atoms with Crippen molar-refractivity contribution < 1.29 is 19.4 Å². The van der Waals surface area contributed by atoms with E-state index in [1.807, 2.05) is 27.0 Å². The van der Waals surface area contributed by atoms with E-state index >= 15 is 0 Å². The van der Waals surface area contributed by atoms with Crippen LogP contribution >= 0.6 is 0 Å². The summed E-state index contributed by atoms with van der Waals surface area (Å²) in [4.78, 5) is 11.6. The van der Waals surface area contributed by atoms with E-state index in [2.05, 4.69) is 36.4 Å². The minimum Gasteiger partial charge on any atom is -0.463 e. The molecule has 1 aliphatic rings. The quantitative estimate of drug-likeness (QED) is 0.228. The van der Waals surface area contributed by atoms with Gasteiger partial charge in [0, 0.05) is 13.5 Å². The zero-order valence-electron chi connectivity index (χ0n) is 19.7. The zero-order chi connectivity index (χ0) is 22.5. The molecule has 0 heterocycles. The number of carbonyl (C=O) groups is 1. The number of esters is 1. The smallest absolute Gasteiger partial charge is 0.306 e. The summed E-state index contributed by atoms with van der Waals surface area (Å²) in [5.41, 5.74) is 1.29. The molecule has 4 heteroatoms. The monoisotopic (exact) mass is 430 g/mol. The Balaban J connectivity index is 1.69. The number of allylic oxidation sites excluding steroid dienone is 2. The van der Waals surface area contributed by atoms with Gasteiger partial charge in [-0.05, 0) is 89.0 Å². The number of aryl methyl sites for hydroxylation is 1. The first-order valence-electron chi connectivity index (χ1n) is 12.1. The topological polar surface area (TPSA) is 55.8 Å². The molecule has 0 aromatic heterocycles. The molecule has 4 unspecified atom stereocenters. The van der Waals surface area contributed by atoms with E-state index in [0.29, 0.717) is 24.4 Å². The molecule has 1 aliphatic carbocycles. The SMILES string of the molecule is COC1CCC(CCC(O)CCc2ccccc2)C1CC=CCCCC(=O)OC(C)C. The fraction of sp³-hybridized carbons (Fsp3) is 0.667. The standard InChI is InChI=1S/C27H42O4/c1-21(2)31-27(29)14-10-5-4-9-13-25-23(17-20-26(25)30-3)16-19-24(28)18-15-22-11-7-6-8-12-22/h4,6-9,11-12,21,23-26,28H,5,10,13-20H2,1-3H3. The Morgan fingerprint density at radius 3 is 2.65 bits per heavy atom. The Hall–Kier alpha value is -1.65. The van der Waals surface area contributed by atoms with Gasteiger partial charge >= 0.3 is 5.97 Å². The van der Waals surface area contributed by atoms with Crippen molar-refractivity contribution in [1.29, 1.82) is 0 Å². The Morgan fingerprint density at radius 2 is 1.94 bits per heavy atom. The summed E-state index contributed by atoms with van der Waals surface area (Å²) in [6.07, 6.45) is 13.7. The molecule has 0 amide bonds. The minimum absolute atomic E-state index is 0.0369. The minimum atomic E-state index is -0.233. The summed E-state index contributed by atoms with van der Waals surface area (Å²) in [6, 6.07) is 10.4. The number of carbonyl (C=O) groups excluding carboxylic acids is 1. The number of aliphatic hydroxyl groups is 1. The highest BCUT2D eigenvalue weighted by Gasteiger charge is 2.35. The van der Waals surface area contributed by atoms with Gasteiger partial charge < -0.3 is 14.6 Å². The molecule has 0 spiro atoms. The number of benzene rings is 1. The predicted molar refractivity (Wildman–Crippen MR) is 126 cm³/mol. The van der Waals surface area contributed by atoms with Crippen molar-refractivity contribution in [2.75, 3.05) is 7.11 Å². The first kappa shape index (κ1) is 25.6. The van der Waals surface area contributed by atoms with Gasteiger partial charge in [-0.2, -0.15) is 0 Å². The Bertz CT molecular complexity index is 640. The van der Waals surface area contributed by atoms with Crippen LogP contribution in [-0.4, -0.2) is 36.5 Å². The van der Waals surface area contributed by atoms with Crippen molar-refractivity contribution in [2.45, 2.75) is 96.4 Å². The number of methoxy groups -OCH3 is 1. The molecule has 4 atom stereocenters. The van der Waals surface area contributed by atoms with Gasteiger partial charge in [-0.15, -0.1) is 0 Å². The molecule has 31 heavy (non-hydrogen) atoms. The van der Waals surface area contributed by atoms with Crippen LogP contribution in [0.3, 0.4) is 0 Å². The van der Waals surface area contributed by atoms with E-state index in [4.69, 9.17) is 9.47 Å². The third-order valence-electron chi connectivity index (χ3n) is 6.38. The van der Waals surface area contributed by atoms with Gasteiger partial charge in [0.15, 0.2) is 0 Å². The van der Waals surface area contributed by atoms with Crippen LogP contribution in [0.1, 0.15) is 77.2 Å². The lowest BCUT2D eigenvalue weighted by Gasteiger charge is -2.24. The molecule has 0 bridgehead atoms. The molecular weight excluding hydrogens is 388 g/mol. The van der Waals surface area contributed by atoms with E-state index in [9.17, 15) is 9.90 Å². The first-order valence-corrected chi connectivity index (χ1v) is 12.1. The maximum atomic E-state index is 11.6. The normalized spacial score (nSPS) is 22.3. The van der Waals surface area contributed by atoms with E-state index in [1.165, 1.54) is 12.0 Å². The van der Waals surface area contributed by atoms with Gasteiger partial charge in [0.2, 0.25) is 0 Å². The summed E-state index contributed by atoms with van der Waals surface area (Å²) in [7, 11) is 1.82. The molecule has 1 fully saturated rings. The molecule has 0 radical (unpaired) electrons. The maximum absolute atomic E-state index is 11.6. The number of ether oxygens (including phenoxy) is 2. The van der Waals surface area contributed by atoms with Crippen molar-refractivity contribution in [1.82, 2.24) is 0 Å². The fourth-order valence-corrected chi connectivity index (χ4v) is 4.69. The molecule has 2 rings (SSSR count). The molecule has 1 N–H and O–H groups in total. The number of unbranched alkanes of at least 4 members (excludes halogenated alkanes) is 1. The van der Waals surface area contributed by atoms with E-state index in [-0.39, 0.29) is 18.2 Å². The van der Waals surface area contributed by atoms with Gasteiger partial charge in [-0.3, -0.25) is 4.79 Å². The number of rotatable bonds is 14. The largest absolute Gasteiger partial charge is 0.463 e.